The summed E-state index contributed by atoms with van der Waals surface area (Å²) < 4.78 is 31.5. The monoisotopic (exact) mass is 347 g/mol. The minimum atomic E-state index is -3.36. The fraction of sp³-hybridized carbons (Fsp3) is 0.538. The molecule has 0 aliphatic carbocycles. The second-order valence-corrected chi connectivity index (χ2v) is 7.65. The molecule has 0 bridgehead atoms. The van der Waals surface area contributed by atoms with E-state index in [-0.39, 0.29) is 12.6 Å². The molecule has 0 radical (unpaired) electrons. The SMILES string of the molecule is CCNC1CCOCC1S(=O)(=O)c1ccc(Br)cc1. The summed E-state index contributed by atoms with van der Waals surface area (Å²) in [6.45, 7) is 3.62. The van der Waals surface area contributed by atoms with Gasteiger partial charge >= 0.3 is 0 Å². The largest absolute Gasteiger partial charge is 0.380 e. The smallest absolute Gasteiger partial charge is 0.185 e. The van der Waals surface area contributed by atoms with E-state index in [1.54, 1.807) is 24.3 Å². The van der Waals surface area contributed by atoms with Crippen LogP contribution in [-0.4, -0.2) is 39.5 Å². The van der Waals surface area contributed by atoms with Gasteiger partial charge in [-0.05, 0) is 37.2 Å². The molecule has 0 spiro atoms. The number of hydrogen-bond acceptors (Lipinski definition) is 4. The Hall–Kier alpha value is -0.430. The topological polar surface area (TPSA) is 55.4 Å². The van der Waals surface area contributed by atoms with E-state index in [4.69, 9.17) is 4.74 Å². The van der Waals surface area contributed by atoms with Crippen molar-refractivity contribution >= 4 is 25.8 Å². The summed E-state index contributed by atoms with van der Waals surface area (Å²) in [6, 6.07) is 6.73. The number of nitrogens with one attached hydrogen (secondary N) is 1. The Morgan fingerprint density at radius 3 is 2.68 bits per heavy atom. The highest BCUT2D eigenvalue weighted by Crippen LogP contribution is 2.24. The van der Waals surface area contributed by atoms with Crippen molar-refractivity contribution in [3.05, 3.63) is 28.7 Å². The Kier molecular flexibility index (Phi) is 5.00. The van der Waals surface area contributed by atoms with Crippen LogP contribution in [0.25, 0.3) is 0 Å². The van der Waals surface area contributed by atoms with E-state index < -0.39 is 15.1 Å². The van der Waals surface area contributed by atoms with E-state index in [0.717, 1.165) is 17.4 Å². The van der Waals surface area contributed by atoms with Crippen LogP contribution in [0, 0.1) is 0 Å². The van der Waals surface area contributed by atoms with Gasteiger partial charge in [-0.15, -0.1) is 0 Å². The normalized spacial score (nSPS) is 24.3. The zero-order valence-electron chi connectivity index (χ0n) is 10.8. The lowest BCUT2D eigenvalue weighted by Gasteiger charge is -2.31. The number of sulfone groups is 1. The summed E-state index contributed by atoms with van der Waals surface area (Å²) in [5, 5.41) is 2.74. The van der Waals surface area contributed by atoms with Crippen molar-refractivity contribution in [2.45, 2.75) is 29.5 Å². The third kappa shape index (κ3) is 3.37. The lowest BCUT2D eigenvalue weighted by atomic mass is 10.1. The van der Waals surface area contributed by atoms with Gasteiger partial charge in [-0.1, -0.05) is 22.9 Å². The van der Waals surface area contributed by atoms with E-state index in [2.05, 4.69) is 21.2 Å². The first-order valence-electron chi connectivity index (χ1n) is 6.36. The van der Waals surface area contributed by atoms with Crippen LogP contribution < -0.4 is 5.32 Å². The average Bonchev–Trinajstić information content (AvgIpc) is 2.40. The van der Waals surface area contributed by atoms with Crippen molar-refractivity contribution in [1.29, 1.82) is 0 Å². The summed E-state index contributed by atoms with van der Waals surface area (Å²) in [5.74, 6) is 0. The second-order valence-electron chi connectivity index (χ2n) is 4.57. The van der Waals surface area contributed by atoms with Gasteiger partial charge in [-0.25, -0.2) is 8.42 Å². The molecule has 106 valence electrons. The number of hydrogen-bond donors (Lipinski definition) is 1. The van der Waals surface area contributed by atoms with Crippen LogP contribution in [0.1, 0.15) is 13.3 Å². The van der Waals surface area contributed by atoms with Crippen molar-refractivity contribution < 1.29 is 13.2 Å². The molecule has 0 amide bonds. The minimum absolute atomic E-state index is 0.0348. The minimum Gasteiger partial charge on any atom is -0.380 e. The van der Waals surface area contributed by atoms with Crippen LogP contribution in [0.4, 0.5) is 0 Å². The molecule has 2 rings (SSSR count). The molecule has 1 aromatic rings. The van der Waals surface area contributed by atoms with Crippen LogP contribution >= 0.6 is 15.9 Å². The molecule has 6 heteroatoms. The Bertz CT molecular complexity index is 513. The van der Waals surface area contributed by atoms with Crippen LogP contribution in [-0.2, 0) is 14.6 Å². The zero-order chi connectivity index (χ0) is 13.9. The summed E-state index contributed by atoms with van der Waals surface area (Å²) in [6.07, 6.45) is 0.730. The van der Waals surface area contributed by atoms with Crippen molar-refractivity contribution in [1.82, 2.24) is 5.32 Å². The zero-order valence-corrected chi connectivity index (χ0v) is 13.2. The fourth-order valence-corrected chi connectivity index (χ4v) is 4.38. The molecule has 1 N–H and O–H groups in total. The number of ether oxygens (including phenoxy) is 1. The predicted octanol–water partition coefficient (Wildman–Crippen LogP) is 1.99. The quantitative estimate of drug-likeness (QED) is 0.904. The van der Waals surface area contributed by atoms with Gasteiger partial charge < -0.3 is 10.1 Å². The maximum atomic E-state index is 12.6. The van der Waals surface area contributed by atoms with Crippen LogP contribution in [0.15, 0.2) is 33.6 Å². The summed E-state index contributed by atoms with van der Waals surface area (Å²) in [7, 11) is -3.36. The third-order valence-electron chi connectivity index (χ3n) is 3.31. The molecular weight excluding hydrogens is 330 g/mol. The van der Waals surface area contributed by atoms with E-state index in [1.165, 1.54) is 0 Å². The Morgan fingerprint density at radius 2 is 2.05 bits per heavy atom. The van der Waals surface area contributed by atoms with Crippen molar-refractivity contribution in [3.63, 3.8) is 0 Å². The predicted molar refractivity (Wildman–Crippen MR) is 78.0 cm³/mol. The number of rotatable bonds is 4. The molecule has 1 aromatic carbocycles. The fourth-order valence-electron chi connectivity index (χ4n) is 2.31. The van der Waals surface area contributed by atoms with E-state index in [0.29, 0.717) is 11.5 Å². The third-order valence-corrected chi connectivity index (χ3v) is 6.03. The van der Waals surface area contributed by atoms with E-state index in [9.17, 15) is 8.42 Å². The summed E-state index contributed by atoms with van der Waals surface area (Å²) in [4.78, 5) is 0.356. The number of halogens is 1. The molecule has 1 saturated heterocycles. The van der Waals surface area contributed by atoms with Gasteiger partial charge in [0.25, 0.3) is 0 Å². The Balaban J connectivity index is 2.28. The molecule has 1 aliphatic heterocycles. The van der Waals surface area contributed by atoms with Crippen molar-refractivity contribution in [3.8, 4) is 0 Å². The molecule has 19 heavy (non-hydrogen) atoms. The first-order chi connectivity index (χ1) is 9.05. The van der Waals surface area contributed by atoms with Crippen molar-refractivity contribution in [2.75, 3.05) is 19.8 Å². The standard InChI is InChI=1S/C13H18BrNO3S/c1-2-15-12-7-8-18-9-13(12)19(16,17)11-5-3-10(14)4-6-11/h3-6,12-13,15H,2,7-9H2,1H3. The van der Waals surface area contributed by atoms with Gasteiger partial charge in [-0.3, -0.25) is 0 Å². The van der Waals surface area contributed by atoms with Gasteiger partial charge in [0.2, 0.25) is 0 Å². The highest BCUT2D eigenvalue weighted by Gasteiger charge is 2.36. The van der Waals surface area contributed by atoms with Crippen LogP contribution in [0.5, 0.6) is 0 Å². The maximum absolute atomic E-state index is 12.6. The van der Waals surface area contributed by atoms with Gasteiger partial charge in [0.15, 0.2) is 9.84 Å². The second kappa shape index (κ2) is 6.35. The molecular formula is C13H18BrNO3S. The van der Waals surface area contributed by atoms with Gasteiger partial charge in [-0.2, -0.15) is 0 Å². The van der Waals surface area contributed by atoms with Crippen LogP contribution in [0.2, 0.25) is 0 Å². The highest BCUT2D eigenvalue weighted by atomic mass is 79.9. The first-order valence-corrected chi connectivity index (χ1v) is 8.70. The molecule has 4 nitrogen and oxygen atoms in total. The molecule has 2 unspecified atom stereocenters. The lowest BCUT2D eigenvalue weighted by molar-refractivity contribution is 0.0812. The number of benzene rings is 1. The van der Waals surface area contributed by atoms with Gasteiger partial charge in [0, 0.05) is 17.1 Å². The van der Waals surface area contributed by atoms with E-state index in [1.807, 2.05) is 6.92 Å². The lowest BCUT2D eigenvalue weighted by Crippen LogP contribution is -2.50. The molecule has 2 atom stereocenters. The van der Waals surface area contributed by atoms with Gasteiger partial charge in [0.1, 0.15) is 5.25 Å². The van der Waals surface area contributed by atoms with Gasteiger partial charge in [0.05, 0.1) is 11.5 Å². The molecule has 1 fully saturated rings. The highest BCUT2D eigenvalue weighted by molar-refractivity contribution is 9.10. The first kappa shape index (κ1) is 15.0. The Morgan fingerprint density at radius 1 is 1.37 bits per heavy atom. The molecule has 1 heterocycles. The molecule has 0 aromatic heterocycles. The molecule has 1 aliphatic rings. The molecule has 0 saturated carbocycles. The summed E-state index contributed by atoms with van der Waals surface area (Å²) >= 11 is 3.31. The summed E-state index contributed by atoms with van der Waals surface area (Å²) in [5.41, 5.74) is 0. The van der Waals surface area contributed by atoms with E-state index >= 15 is 0 Å². The van der Waals surface area contributed by atoms with Crippen molar-refractivity contribution in [2.24, 2.45) is 0 Å². The maximum Gasteiger partial charge on any atom is 0.185 e. The average molecular weight is 348 g/mol. The van der Waals surface area contributed by atoms with Crippen LogP contribution in [0.3, 0.4) is 0 Å². The Labute approximate surface area is 122 Å².